The molecule has 3 nitrogen and oxygen atoms in total. The Labute approximate surface area is 159 Å². The molecule has 1 amide bonds. The third kappa shape index (κ3) is 5.37. The van der Waals surface area contributed by atoms with Gasteiger partial charge < -0.3 is 5.32 Å². The summed E-state index contributed by atoms with van der Waals surface area (Å²) in [5.74, 6) is -0.553. The minimum absolute atomic E-state index is 0.0542. The number of carbonyl (C=O) groups is 1. The number of hydrogen-bond donors (Lipinski definition) is 1. The molecule has 0 heterocycles. The first kappa shape index (κ1) is 20.6. The molecule has 140 valence electrons. The highest BCUT2D eigenvalue weighted by molar-refractivity contribution is 6.31. The Morgan fingerprint density at radius 2 is 1.81 bits per heavy atom. The Kier molecular flexibility index (Phi) is 6.55. The highest BCUT2D eigenvalue weighted by atomic mass is 35.5. The average molecular weight is 405 g/mol. The van der Waals surface area contributed by atoms with Crippen LogP contribution in [0.25, 0.3) is 0 Å². The van der Waals surface area contributed by atoms with E-state index in [-0.39, 0.29) is 10.7 Å². The van der Waals surface area contributed by atoms with E-state index >= 15 is 0 Å². The van der Waals surface area contributed by atoms with E-state index in [9.17, 15) is 18.0 Å². The summed E-state index contributed by atoms with van der Waals surface area (Å²) in [7, 11) is 1.71. The van der Waals surface area contributed by atoms with Crippen LogP contribution < -0.4 is 5.32 Å². The number of carbonyl (C=O) groups excluding carboxylic acids is 1. The minimum atomic E-state index is -4.62. The molecule has 0 bridgehead atoms. The fraction of sp³-hybridized carbons (Fsp3) is 0.278. The highest BCUT2D eigenvalue weighted by Crippen LogP contribution is 2.36. The maximum Gasteiger partial charge on any atom is 0.418 e. The van der Waals surface area contributed by atoms with Gasteiger partial charge in [0.1, 0.15) is 0 Å². The smallest absolute Gasteiger partial charge is 0.324 e. The Bertz CT molecular complexity index is 796. The molecule has 0 spiro atoms. The Morgan fingerprint density at radius 1 is 1.15 bits per heavy atom. The lowest BCUT2D eigenvalue weighted by molar-refractivity contribution is -0.137. The minimum Gasteiger partial charge on any atom is -0.324 e. The molecule has 8 heteroatoms. The van der Waals surface area contributed by atoms with E-state index in [1.54, 1.807) is 37.1 Å². The second kappa shape index (κ2) is 8.29. The van der Waals surface area contributed by atoms with Crippen molar-refractivity contribution in [3.63, 3.8) is 0 Å². The van der Waals surface area contributed by atoms with Crippen molar-refractivity contribution in [3.05, 3.63) is 63.6 Å². The van der Waals surface area contributed by atoms with Gasteiger partial charge in [0.05, 0.1) is 17.3 Å². The number of nitrogens with zero attached hydrogens (tertiary/aromatic N) is 1. The normalized spacial score (nSPS) is 12.9. The van der Waals surface area contributed by atoms with Crippen molar-refractivity contribution in [1.29, 1.82) is 0 Å². The van der Waals surface area contributed by atoms with E-state index in [2.05, 4.69) is 5.32 Å². The molecule has 0 aliphatic heterocycles. The number of benzene rings is 2. The van der Waals surface area contributed by atoms with Crippen molar-refractivity contribution in [2.24, 2.45) is 0 Å². The van der Waals surface area contributed by atoms with E-state index in [0.29, 0.717) is 11.6 Å². The van der Waals surface area contributed by atoms with Gasteiger partial charge in [-0.2, -0.15) is 13.2 Å². The van der Waals surface area contributed by atoms with Gasteiger partial charge >= 0.3 is 6.18 Å². The van der Waals surface area contributed by atoms with Gasteiger partial charge in [0.2, 0.25) is 5.91 Å². The summed E-state index contributed by atoms with van der Waals surface area (Å²) < 4.78 is 39.4. The van der Waals surface area contributed by atoms with Gasteiger partial charge in [-0.15, -0.1) is 0 Å². The molecule has 0 aliphatic carbocycles. The maximum absolute atomic E-state index is 13.1. The number of halogens is 5. The van der Waals surface area contributed by atoms with Crippen LogP contribution in [0.1, 0.15) is 18.1 Å². The van der Waals surface area contributed by atoms with Gasteiger partial charge in [-0.3, -0.25) is 9.69 Å². The van der Waals surface area contributed by atoms with E-state index in [0.717, 1.165) is 17.7 Å². The van der Waals surface area contributed by atoms with Gasteiger partial charge in [-0.05, 0) is 49.9 Å². The number of likely N-dealkylation sites (N-methyl/N-ethyl adjacent to an activating group) is 1. The number of hydrogen-bond acceptors (Lipinski definition) is 2. The topological polar surface area (TPSA) is 32.3 Å². The molecule has 0 fully saturated rings. The number of amides is 1. The Morgan fingerprint density at radius 3 is 2.42 bits per heavy atom. The number of rotatable bonds is 5. The molecule has 1 atom stereocenters. The zero-order valence-corrected chi connectivity index (χ0v) is 15.6. The molecule has 0 aromatic heterocycles. The quantitative estimate of drug-likeness (QED) is 0.716. The van der Waals surface area contributed by atoms with Crippen LogP contribution in [0.2, 0.25) is 10.0 Å². The second-order valence-electron chi connectivity index (χ2n) is 5.90. The summed E-state index contributed by atoms with van der Waals surface area (Å²) in [6, 6.07) is 9.72. The van der Waals surface area contributed by atoms with Crippen molar-refractivity contribution in [3.8, 4) is 0 Å². The standard InChI is InChI=1S/C18H17Cl2F3N2O/c1-11(25(2)10-12-4-3-5-13(19)8-12)17(26)24-16-7-6-14(20)9-15(16)18(21,22)23/h3-9,11H,10H2,1-2H3,(H,24,26). The van der Waals surface area contributed by atoms with Crippen molar-refractivity contribution < 1.29 is 18.0 Å². The Balaban J connectivity index is 2.12. The summed E-state index contributed by atoms with van der Waals surface area (Å²) in [5, 5.41) is 2.86. The van der Waals surface area contributed by atoms with Crippen LogP contribution in [0.5, 0.6) is 0 Å². The lowest BCUT2D eigenvalue weighted by atomic mass is 10.1. The highest BCUT2D eigenvalue weighted by Gasteiger charge is 2.34. The van der Waals surface area contributed by atoms with Gasteiger partial charge in [0.15, 0.2) is 0 Å². The van der Waals surface area contributed by atoms with Gasteiger partial charge in [0.25, 0.3) is 0 Å². The third-order valence-corrected chi connectivity index (χ3v) is 4.38. The molecule has 1 N–H and O–H groups in total. The molecule has 2 rings (SSSR count). The summed E-state index contributed by atoms with van der Waals surface area (Å²) in [4.78, 5) is 14.1. The summed E-state index contributed by atoms with van der Waals surface area (Å²) in [5.41, 5.74) is -0.417. The van der Waals surface area contributed by atoms with Crippen molar-refractivity contribution >= 4 is 34.8 Å². The first-order valence-corrected chi connectivity index (χ1v) is 8.46. The molecule has 1 unspecified atom stereocenters. The Hall–Kier alpha value is -1.76. The van der Waals surface area contributed by atoms with Crippen LogP contribution in [0.4, 0.5) is 18.9 Å². The summed E-state index contributed by atoms with van der Waals surface area (Å²) in [6.07, 6.45) is -4.62. The zero-order chi connectivity index (χ0) is 19.5. The summed E-state index contributed by atoms with van der Waals surface area (Å²) >= 11 is 11.6. The summed E-state index contributed by atoms with van der Waals surface area (Å²) in [6.45, 7) is 2.03. The third-order valence-electron chi connectivity index (χ3n) is 3.91. The molecular formula is C18H17Cl2F3N2O. The SMILES string of the molecule is CC(C(=O)Nc1ccc(Cl)cc1C(F)(F)F)N(C)Cc1cccc(Cl)c1. The molecule has 0 aliphatic rings. The molecule has 26 heavy (non-hydrogen) atoms. The van der Waals surface area contributed by atoms with Gasteiger partial charge in [-0.25, -0.2) is 0 Å². The lowest BCUT2D eigenvalue weighted by Gasteiger charge is -2.24. The van der Waals surface area contributed by atoms with Crippen LogP contribution in [-0.4, -0.2) is 23.9 Å². The number of anilines is 1. The fourth-order valence-electron chi connectivity index (χ4n) is 2.36. The van der Waals surface area contributed by atoms with Crippen molar-refractivity contribution in [2.45, 2.75) is 25.7 Å². The van der Waals surface area contributed by atoms with Crippen LogP contribution in [0, 0.1) is 0 Å². The molecule has 2 aromatic rings. The second-order valence-corrected chi connectivity index (χ2v) is 6.77. The maximum atomic E-state index is 13.1. The largest absolute Gasteiger partial charge is 0.418 e. The van der Waals surface area contributed by atoms with Crippen molar-refractivity contribution in [1.82, 2.24) is 4.90 Å². The van der Waals surface area contributed by atoms with Gasteiger partial charge in [-0.1, -0.05) is 35.3 Å². The molecule has 2 aromatic carbocycles. The number of nitrogens with one attached hydrogen (secondary N) is 1. The van der Waals surface area contributed by atoms with Crippen LogP contribution in [0.15, 0.2) is 42.5 Å². The molecule has 0 radical (unpaired) electrons. The van der Waals surface area contributed by atoms with Crippen LogP contribution >= 0.6 is 23.2 Å². The van der Waals surface area contributed by atoms with E-state index in [1.807, 2.05) is 6.07 Å². The van der Waals surface area contributed by atoms with Crippen LogP contribution in [0.3, 0.4) is 0 Å². The monoisotopic (exact) mass is 404 g/mol. The average Bonchev–Trinajstić information content (AvgIpc) is 2.54. The van der Waals surface area contributed by atoms with E-state index in [1.165, 1.54) is 6.07 Å². The number of alkyl halides is 3. The predicted molar refractivity (Wildman–Crippen MR) is 97.5 cm³/mol. The van der Waals surface area contributed by atoms with E-state index in [4.69, 9.17) is 23.2 Å². The predicted octanol–water partition coefficient (Wildman–Crippen LogP) is 5.47. The van der Waals surface area contributed by atoms with E-state index < -0.39 is 23.7 Å². The van der Waals surface area contributed by atoms with Crippen LogP contribution in [-0.2, 0) is 17.5 Å². The lowest BCUT2D eigenvalue weighted by Crippen LogP contribution is -2.39. The first-order valence-electron chi connectivity index (χ1n) is 7.70. The molecule has 0 saturated heterocycles. The molecule has 0 saturated carbocycles. The van der Waals surface area contributed by atoms with Gasteiger partial charge in [0, 0.05) is 16.6 Å². The zero-order valence-electron chi connectivity index (χ0n) is 14.1. The fourth-order valence-corrected chi connectivity index (χ4v) is 2.74. The first-order chi connectivity index (χ1) is 12.1. The van der Waals surface area contributed by atoms with Crippen molar-refractivity contribution in [2.75, 3.05) is 12.4 Å². The molecular weight excluding hydrogens is 388 g/mol.